The highest BCUT2D eigenvalue weighted by atomic mass is 32.1. The largest absolute Gasteiger partial charge is 0.382 e. The van der Waals surface area contributed by atoms with Crippen molar-refractivity contribution in [2.24, 2.45) is 0 Å². The zero-order valence-corrected chi connectivity index (χ0v) is 11.1. The van der Waals surface area contributed by atoms with Gasteiger partial charge in [-0.3, -0.25) is 0 Å². The third kappa shape index (κ3) is 5.61. The molecular formula is C12H21NO2S. The highest BCUT2D eigenvalue weighted by Crippen LogP contribution is 2.17. The predicted octanol–water partition coefficient (Wildman–Crippen LogP) is 2.41. The van der Waals surface area contributed by atoms with Crippen LogP contribution in [0.3, 0.4) is 0 Å². The number of thiophene rings is 1. The molecule has 16 heavy (non-hydrogen) atoms. The van der Waals surface area contributed by atoms with E-state index in [0.717, 1.165) is 6.54 Å². The van der Waals surface area contributed by atoms with Gasteiger partial charge in [0.25, 0.3) is 0 Å². The number of ether oxygens (including phenoxy) is 2. The summed E-state index contributed by atoms with van der Waals surface area (Å²) in [6.07, 6.45) is 0. The molecule has 0 amide bonds. The molecule has 0 bridgehead atoms. The first kappa shape index (κ1) is 13.6. The van der Waals surface area contributed by atoms with E-state index in [9.17, 15) is 0 Å². The van der Waals surface area contributed by atoms with E-state index in [1.54, 1.807) is 18.4 Å². The van der Waals surface area contributed by atoms with Gasteiger partial charge in [0.05, 0.1) is 19.8 Å². The lowest BCUT2D eigenvalue weighted by Gasteiger charge is -2.05. The molecule has 0 aromatic carbocycles. The Hall–Kier alpha value is -0.420. The zero-order valence-electron chi connectivity index (χ0n) is 10.3. The summed E-state index contributed by atoms with van der Waals surface area (Å²) in [4.78, 5) is 2.63. The average Bonchev–Trinajstić information content (AvgIpc) is 2.70. The van der Waals surface area contributed by atoms with Crippen molar-refractivity contribution in [3.05, 3.63) is 21.9 Å². The second-order valence-corrected chi connectivity index (χ2v) is 5.20. The van der Waals surface area contributed by atoms with Gasteiger partial charge in [0.2, 0.25) is 0 Å². The van der Waals surface area contributed by atoms with Gasteiger partial charge in [0.15, 0.2) is 0 Å². The highest BCUT2D eigenvalue weighted by molar-refractivity contribution is 7.11. The summed E-state index contributed by atoms with van der Waals surface area (Å²) < 4.78 is 10.4. The molecule has 0 unspecified atom stereocenters. The van der Waals surface area contributed by atoms with Crippen LogP contribution in [0, 0.1) is 0 Å². The van der Waals surface area contributed by atoms with Gasteiger partial charge in [0.1, 0.15) is 0 Å². The Bertz CT molecular complexity index is 286. The minimum Gasteiger partial charge on any atom is -0.382 e. The van der Waals surface area contributed by atoms with Crippen molar-refractivity contribution in [3.63, 3.8) is 0 Å². The molecule has 3 nitrogen and oxygen atoms in total. The molecule has 1 N–H and O–H groups in total. The second-order valence-electron chi connectivity index (χ2n) is 3.95. The van der Waals surface area contributed by atoms with Crippen LogP contribution in [-0.4, -0.2) is 26.4 Å². The SMILES string of the molecule is COCCOCc1ccc(CNC(C)C)s1. The van der Waals surface area contributed by atoms with Crippen LogP contribution in [0.1, 0.15) is 23.6 Å². The molecule has 0 fully saturated rings. The van der Waals surface area contributed by atoms with Gasteiger partial charge < -0.3 is 14.8 Å². The van der Waals surface area contributed by atoms with Crippen LogP contribution in [-0.2, 0) is 22.6 Å². The second kappa shape index (κ2) is 7.79. The number of nitrogens with one attached hydrogen (secondary N) is 1. The maximum absolute atomic E-state index is 5.46. The molecule has 0 aliphatic heterocycles. The summed E-state index contributed by atoms with van der Waals surface area (Å²) in [5.74, 6) is 0. The molecular weight excluding hydrogens is 222 g/mol. The van der Waals surface area contributed by atoms with E-state index in [1.165, 1.54) is 9.75 Å². The van der Waals surface area contributed by atoms with Crippen molar-refractivity contribution in [3.8, 4) is 0 Å². The lowest BCUT2D eigenvalue weighted by atomic mass is 10.3. The number of hydrogen-bond donors (Lipinski definition) is 1. The lowest BCUT2D eigenvalue weighted by Crippen LogP contribution is -2.21. The van der Waals surface area contributed by atoms with Crippen LogP contribution in [0.15, 0.2) is 12.1 Å². The Morgan fingerprint density at radius 3 is 2.69 bits per heavy atom. The van der Waals surface area contributed by atoms with Gasteiger partial charge in [-0.15, -0.1) is 11.3 Å². The number of methoxy groups -OCH3 is 1. The van der Waals surface area contributed by atoms with E-state index in [2.05, 4.69) is 31.3 Å². The number of rotatable bonds is 8. The van der Waals surface area contributed by atoms with Crippen LogP contribution in [0.25, 0.3) is 0 Å². The van der Waals surface area contributed by atoms with E-state index in [0.29, 0.717) is 25.9 Å². The van der Waals surface area contributed by atoms with Crippen molar-refractivity contribution in [2.75, 3.05) is 20.3 Å². The molecule has 0 atom stereocenters. The highest BCUT2D eigenvalue weighted by Gasteiger charge is 2.01. The molecule has 1 rings (SSSR count). The Kier molecular flexibility index (Phi) is 6.64. The van der Waals surface area contributed by atoms with Crippen LogP contribution < -0.4 is 5.32 Å². The first-order chi connectivity index (χ1) is 7.72. The van der Waals surface area contributed by atoms with Crippen LogP contribution in [0.4, 0.5) is 0 Å². The molecule has 0 aliphatic carbocycles. The average molecular weight is 243 g/mol. The summed E-state index contributed by atoms with van der Waals surface area (Å²) in [6.45, 7) is 7.27. The smallest absolute Gasteiger partial charge is 0.0810 e. The van der Waals surface area contributed by atoms with Crippen molar-refractivity contribution in [1.82, 2.24) is 5.32 Å². The zero-order chi connectivity index (χ0) is 11.8. The monoisotopic (exact) mass is 243 g/mol. The van der Waals surface area contributed by atoms with Gasteiger partial charge in [-0.25, -0.2) is 0 Å². The Balaban J connectivity index is 2.22. The van der Waals surface area contributed by atoms with Crippen LogP contribution >= 0.6 is 11.3 Å². The van der Waals surface area contributed by atoms with Gasteiger partial charge in [-0.2, -0.15) is 0 Å². The van der Waals surface area contributed by atoms with E-state index >= 15 is 0 Å². The van der Waals surface area contributed by atoms with Crippen molar-refractivity contribution < 1.29 is 9.47 Å². The molecule has 1 heterocycles. The molecule has 1 aromatic rings. The Morgan fingerprint density at radius 2 is 2.00 bits per heavy atom. The van der Waals surface area contributed by atoms with Crippen molar-refractivity contribution in [1.29, 1.82) is 0 Å². The molecule has 92 valence electrons. The summed E-state index contributed by atoms with van der Waals surface area (Å²) >= 11 is 1.80. The minimum absolute atomic E-state index is 0.531. The van der Waals surface area contributed by atoms with Gasteiger partial charge >= 0.3 is 0 Å². The summed E-state index contributed by atoms with van der Waals surface area (Å²) in [6, 6.07) is 4.83. The van der Waals surface area contributed by atoms with E-state index in [1.807, 2.05) is 0 Å². The lowest BCUT2D eigenvalue weighted by molar-refractivity contribution is 0.0628. The van der Waals surface area contributed by atoms with Crippen LogP contribution in [0.2, 0.25) is 0 Å². The third-order valence-electron chi connectivity index (χ3n) is 2.08. The van der Waals surface area contributed by atoms with Crippen molar-refractivity contribution in [2.45, 2.75) is 33.0 Å². The molecule has 0 aliphatic rings. The molecule has 1 aromatic heterocycles. The Labute approximate surface area is 102 Å². The molecule has 4 heteroatoms. The fourth-order valence-electron chi connectivity index (χ4n) is 1.21. The van der Waals surface area contributed by atoms with Crippen LogP contribution in [0.5, 0.6) is 0 Å². The minimum atomic E-state index is 0.531. The third-order valence-corrected chi connectivity index (χ3v) is 3.14. The van der Waals surface area contributed by atoms with Gasteiger partial charge in [-0.1, -0.05) is 13.8 Å². The predicted molar refractivity (Wildman–Crippen MR) is 67.8 cm³/mol. The first-order valence-electron chi connectivity index (χ1n) is 5.60. The molecule has 0 spiro atoms. The molecule has 0 radical (unpaired) electrons. The quantitative estimate of drug-likeness (QED) is 0.711. The molecule has 0 saturated heterocycles. The summed E-state index contributed by atoms with van der Waals surface area (Å²) in [5, 5.41) is 3.40. The normalized spacial score (nSPS) is 11.2. The van der Waals surface area contributed by atoms with Gasteiger partial charge in [0, 0.05) is 29.5 Å². The van der Waals surface area contributed by atoms with Gasteiger partial charge in [-0.05, 0) is 12.1 Å². The Morgan fingerprint density at radius 1 is 1.25 bits per heavy atom. The summed E-state index contributed by atoms with van der Waals surface area (Å²) in [7, 11) is 1.68. The molecule has 0 saturated carbocycles. The van der Waals surface area contributed by atoms with E-state index in [4.69, 9.17) is 9.47 Å². The fourth-order valence-corrected chi connectivity index (χ4v) is 2.12. The standard InChI is InChI=1S/C12H21NO2S/c1-10(2)13-8-11-4-5-12(16-11)9-15-7-6-14-3/h4-5,10,13H,6-9H2,1-3H3. The fraction of sp³-hybridized carbons (Fsp3) is 0.667. The van der Waals surface area contributed by atoms with E-state index < -0.39 is 0 Å². The van der Waals surface area contributed by atoms with Crippen molar-refractivity contribution >= 4 is 11.3 Å². The summed E-state index contributed by atoms with van der Waals surface area (Å²) in [5.41, 5.74) is 0. The maximum Gasteiger partial charge on any atom is 0.0810 e. The number of hydrogen-bond acceptors (Lipinski definition) is 4. The maximum atomic E-state index is 5.46. The first-order valence-corrected chi connectivity index (χ1v) is 6.41. The topological polar surface area (TPSA) is 30.5 Å². The van der Waals surface area contributed by atoms with E-state index in [-0.39, 0.29) is 0 Å².